The first-order valence-electron chi connectivity index (χ1n) is 9.88. The van der Waals surface area contributed by atoms with Gasteiger partial charge in [-0.15, -0.1) is 0 Å². The summed E-state index contributed by atoms with van der Waals surface area (Å²) >= 11 is 6.09. The van der Waals surface area contributed by atoms with E-state index in [1.165, 1.54) is 0 Å². The van der Waals surface area contributed by atoms with Crippen molar-refractivity contribution in [2.24, 2.45) is 5.92 Å². The Bertz CT molecular complexity index is 985. The summed E-state index contributed by atoms with van der Waals surface area (Å²) in [6.45, 7) is 4.27. The molecule has 0 saturated carbocycles. The summed E-state index contributed by atoms with van der Waals surface area (Å²) in [5.74, 6) is -0.632. The van der Waals surface area contributed by atoms with E-state index in [0.29, 0.717) is 23.6 Å². The third-order valence-electron chi connectivity index (χ3n) is 4.77. The molecule has 0 bridgehead atoms. The van der Waals surface area contributed by atoms with Crippen LogP contribution in [0.15, 0.2) is 67.0 Å². The SMILES string of the molecule is CC(C)C(NC(=O)c1ccccc1Cl)C(=O)NCCc1ccc(-n2cccn2)cc1. The predicted molar refractivity (Wildman–Crippen MR) is 118 cm³/mol. The summed E-state index contributed by atoms with van der Waals surface area (Å²) in [6, 6.07) is 16.0. The molecule has 1 heterocycles. The Morgan fingerprint density at radius 2 is 1.80 bits per heavy atom. The van der Waals surface area contributed by atoms with Crippen molar-refractivity contribution in [3.8, 4) is 5.69 Å². The lowest BCUT2D eigenvalue weighted by atomic mass is 10.0. The van der Waals surface area contributed by atoms with Crippen LogP contribution in [0.3, 0.4) is 0 Å². The molecule has 1 aromatic heterocycles. The van der Waals surface area contributed by atoms with Gasteiger partial charge < -0.3 is 10.6 Å². The van der Waals surface area contributed by atoms with Crippen LogP contribution in [-0.4, -0.2) is 34.2 Å². The molecular formula is C23H25ClN4O2. The minimum absolute atomic E-state index is 0.0650. The van der Waals surface area contributed by atoms with Crippen LogP contribution in [0, 0.1) is 5.92 Å². The second-order valence-electron chi connectivity index (χ2n) is 7.33. The number of nitrogens with one attached hydrogen (secondary N) is 2. The highest BCUT2D eigenvalue weighted by atomic mass is 35.5. The normalized spacial score (nSPS) is 11.9. The topological polar surface area (TPSA) is 76.0 Å². The quantitative estimate of drug-likeness (QED) is 0.579. The third kappa shape index (κ3) is 5.48. The van der Waals surface area contributed by atoms with Gasteiger partial charge in [0.2, 0.25) is 5.91 Å². The van der Waals surface area contributed by atoms with E-state index < -0.39 is 6.04 Å². The molecule has 1 unspecified atom stereocenters. The van der Waals surface area contributed by atoms with Crippen molar-refractivity contribution in [3.63, 3.8) is 0 Å². The smallest absolute Gasteiger partial charge is 0.253 e. The fourth-order valence-corrected chi connectivity index (χ4v) is 3.30. The number of hydrogen-bond acceptors (Lipinski definition) is 3. The number of carbonyl (C=O) groups excluding carboxylic acids is 2. The van der Waals surface area contributed by atoms with E-state index in [-0.39, 0.29) is 17.7 Å². The molecule has 0 aliphatic heterocycles. The molecule has 30 heavy (non-hydrogen) atoms. The number of hydrogen-bond donors (Lipinski definition) is 2. The molecule has 0 saturated heterocycles. The summed E-state index contributed by atoms with van der Waals surface area (Å²) in [6.07, 6.45) is 4.31. The van der Waals surface area contributed by atoms with Gasteiger partial charge in [0.15, 0.2) is 0 Å². The van der Waals surface area contributed by atoms with Crippen molar-refractivity contribution in [1.82, 2.24) is 20.4 Å². The largest absolute Gasteiger partial charge is 0.354 e. The van der Waals surface area contributed by atoms with E-state index in [1.807, 2.05) is 50.4 Å². The Kier molecular flexibility index (Phi) is 7.25. The maximum absolute atomic E-state index is 12.7. The van der Waals surface area contributed by atoms with Crippen LogP contribution in [0.5, 0.6) is 0 Å². The van der Waals surface area contributed by atoms with Gasteiger partial charge in [0.1, 0.15) is 6.04 Å². The standard InChI is InChI=1S/C23H25ClN4O2/c1-16(2)21(27-22(29)19-6-3-4-7-20(19)24)23(30)25-14-12-17-8-10-18(11-9-17)28-15-5-13-26-28/h3-11,13,15-16,21H,12,14H2,1-2H3,(H,25,30)(H,27,29). The maximum Gasteiger partial charge on any atom is 0.253 e. The van der Waals surface area contributed by atoms with Crippen LogP contribution in [0.25, 0.3) is 5.69 Å². The van der Waals surface area contributed by atoms with Crippen molar-refractivity contribution in [2.75, 3.05) is 6.54 Å². The van der Waals surface area contributed by atoms with Crippen molar-refractivity contribution < 1.29 is 9.59 Å². The van der Waals surface area contributed by atoms with Crippen LogP contribution >= 0.6 is 11.6 Å². The van der Waals surface area contributed by atoms with Crippen LogP contribution in [-0.2, 0) is 11.2 Å². The van der Waals surface area contributed by atoms with E-state index in [0.717, 1.165) is 11.3 Å². The Morgan fingerprint density at radius 3 is 2.43 bits per heavy atom. The number of nitrogens with zero attached hydrogens (tertiary/aromatic N) is 2. The molecule has 0 aliphatic rings. The van der Waals surface area contributed by atoms with E-state index in [1.54, 1.807) is 35.1 Å². The van der Waals surface area contributed by atoms with Crippen LogP contribution in [0.1, 0.15) is 29.8 Å². The van der Waals surface area contributed by atoms with Crippen molar-refractivity contribution >= 4 is 23.4 Å². The van der Waals surface area contributed by atoms with Crippen LogP contribution in [0.2, 0.25) is 5.02 Å². The zero-order valence-corrected chi connectivity index (χ0v) is 17.8. The van der Waals surface area contributed by atoms with Gasteiger partial charge in [-0.2, -0.15) is 5.10 Å². The Labute approximate surface area is 181 Å². The average Bonchev–Trinajstić information content (AvgIpc) is 3.27. The summed E-state index contributed by atoms with van der Waals surface area (Å²) in [5, 5.41) is 10.3. The molecule has 1 atom stereocenters. The molecule has 6 nitrogen and oxygen atoms in total. The molecule has 3 aromatic rings. The highest BCUT2D eigenvalue weighted by Crippen LogP contribution is 2.15. The zero-order chi connectivity index (χ0) is 21.5. The van der Waals surface area contributed by atoms with Crippen molar-refractivity contribution in [2.45, 2.75) is 26.3 Å². The van der Waals surface area contributed by atoms with E-state index in [4.69, 9.17) is 11.6 Å². The molecule has 0 fully saturated rings. The predicted octanol–water partition coefficient (Wildman–Crippen LogP) is 3.64. The first-order valence-corrected chi connectivity index (χ1v) is 10.3. The second kappa shape index (κ2) is 10.1. The molecule has 2 amide bonds. The van der Waals surface area contributed by atoms with Gasteiger partial charge in [-0.1, -0.05) is 49.7 Å². The van der Waals surface area contributed by atoms with Gasteiger partial charge in [0.05, 0.1) is 16.3 Å². The third-order valence-corrected chi connectivity index (χ3v) is 5.10. The minimum Gasteiger partial charge on any atom is -0.354 e. The summed E-state index contributed by atoms with van der Waals surface area (Å²) in [4.78, 5) is 25.2. The lowest BCUT2D eigenvalue weighted by molar-refractivity contribution is -0.123. The van der Waals surface area contributed by atoms with Gasteiger partial charge in [0.25, 0.3) is 5.91 Å². The van der Waals surface area contributed by atoms with Gasteiger partial charge in [0, 0.05) is 18.9 Å². The second-order valence-corrected chi connectivity index (χ2v) is 7.74. The van der Waals surface area contributed by atoms with Crippen molar-refractivity contribution in [3.05, 3.63) is 83.1 Å². The number of carbonyl (C=O) groups is 2. The zero-order valence-electron chi connectivity index (χ0n) is 17.0. The molecule has 2 N–H and O–H groups in total. The first-order chi connectivity index (χ1) is 14.5. The van der Waals surface area contributed by atoms with E-state index in [2.05, 4.69) is 15.7 Å². The van der Waals surface area contributed by atoms with E-state index in [9.17, 15) is 9.59 Å². The van der Waals surface area contributed by atoms with Gasteiger partial charge in [-0.3, -0.25) is 9.59 Å². The Hall–Kier alpha value is -3.12. The Balaban J connectivity index is 1.54. The molecule has 0 aliphatic carbocycles. The minimum atomic E-state index is -0.643. The molecule has 0 spiro atoms. The number of amides is 2. The number of halogens is 1. The van der Waals surface area contributed by atoms with Crippen molar-refractivity contribution in [1.29, 1.82) is 0 Å². The lowest BCUT2D eigenvalue weighted by Gasteiger charge is -2.22. The molecule has 2 aromatic carbocycles. The van der Waals surface area contributed by atoms with Gasteiger partial charge in [-0.05, 0) is 48.2 Å². The number of benzene rings is 2. The van der Waals surface area contributed by atoms with Gasteiger partial charge in [-0.25, -0.2) is 4.68 Å². The van der Waals surface area contributed by atoms with Gasteiger partial charge >= 0.3 is 0 Å². The number of aromatic nitrogens is 2. The first kappa shape index (κ1) is 21.6. The van der Waals surface area contributed by atoms with Crippen LogP contribution in [0.4, 0.5) is 0 Å². The molecule has 0 radical (unpaired) electrons. The van der Waals surface area contributed by atoms with E-state index >= 15 is 0 Å². The summed E-state index contributed by atoms with van der Waals surface area (Å²) < 4.78 is 1.79. The highest BCUT2D eigenvalue weighted by Gasteiger charge is 2.25. The monoisotopic (exact) mass is 424 g/mol. The average molecular weight is 425 g/mol. The fraction of sp³-hybridized carbons (Fsp3) is 0.261. The highest BCUT2D eigenvalue weighted by molar-refractivity contribution is 6.33. The maximum atomic E-state index is 12.7. The Morgan fingerprint density at radius 1 is 1.07 bits per heavy atom. The molecular weight excluding hydrogens is 400 g/mol. The number of rotatable bonds is 8. The summed E-state index contributed by atoms with van der Waals surface area (Å²) in [7, 11) is 0. The summed E-state index contributed by atoms with van der Waals surface area (Å²) in [5.41, 5.74) is 2.44. The fourth-order valence-electron chi connectivity index (χ4n) is 3.08. The lowest BCUT2D eigenvalue weighted by Crippen LogP contribution is -2.50. The molecule has 7 heteroatoms. The van der Waals surface area contributed by atoms with Crippen LogP contribution < -0.4 is 10.6 Å². The molecule has 3 rings (SSSR count). The molecule has 156 valence electrons.